The molecule has 2 aliphatic rings. The zero-order chi connectivity index (χ0) is 21.8. The number of fused-ring (bicyclic) bond motifs is 3. The molecule has 1 heterocycles. The van der Waals surface area contributed by atoms with Crippen molar-refractivity contribution in [2.75, 3.05) is 0 Å². The number of aryl methyl sites for hydroxylation is 1. The zero-order valence-corrected chi connectivity index (χ0v) is 18.1. The highest BCUT2D eigenvalue weighted by Gasteiger charge is 2.50. The lowest BCUT2D eigenvalue weighted by Crippen LogP contribution is -2.45. The number of carbonyl (C=O) groups is 1. The number of nitrogens with zero attached hydrogens (tertiary/aromatic N) is 3. The summed E-state index contributed by atoms with van der Waals surface area (Å²) in [6.07, 6.45) is 3.65. The van der Waals surface area contributed by atoms with E-state index in [0.29, 0.717) is 0 Å². The molecular weight excluding hydrogens is 382 g/mol. The van der Waals surface area contributed by atoms with Crippen molar-refractivity contribution in [2.24, 2.45) is 11.8 Å². The topological polar surface area (TPSA) is 58.7 Å². The molecule has 31 heavy (non-hydrogen) atoms. The summed E-state index contributed by atoms with van der Waals surface area (Å²) in [4.78, 5) is 17.9. The van der Waals surface area contributed by atoms with E-state index in [9.17, 15) is 10.1 Å². The van der Waals surface area contributed by atoms with E-state index < -0.39 is 5.41 Å². The summed E-state index contributed by atoms with van der Waals surface area (Å²) in [7, 11) is 0. The Balaban J connectivity index is 1.81. The van der Waals surface area contributed by atoms with Gasteiger partial charge in [0.1, 0.15) is 11.9 Å². The molecule has 0 unspecified atom stereocenters. The van der Waals surface area contributed by atoms with Gasteiger partial charge in [0.25, 0.3) is 0 Å². The molecule has 154 valence electrons. The minimum atomic E-state index is -0.440. The van der Waals surface area contributed by atoms with Gasteiger partial charge in [0.05, 0.1) is 11.3 Å². The predicted octanol–water partition coefficient (Wildman–Crippen LogP) is 5.34. The molecule has 0 radical (unpaired) electrons. The van der Waals surface area contributed by atoms with Gasteiger partial charge in [0.2, 0.25) is 0 Å². The molecule has 3 atom stereocenters. The van der Waals surface area contributed by atoms with Crippen molar-refractivity contribution in [2.45, 2.75) is 39.0 Å². The van der Waals surface area contributed by atoms with E-state index in [2.05, 4.69) is 60.9 Å². The van der Waals surface area contributed by atoms with Crippen molar-refractivity contribution < 1.29 is 4.79 Å². The van der Waals surface area contributed by atoms with Crippen LogP contribution >= 0.6 is 0 Å². The van der Waals surface area contributed by atoms with Gasteiger partial charge in [-0.1, -0.05) is 62.4 Å². The molecule has 0 aliphatic heterocycles. The first-order chi connectivity index (χ1) is 14.9. The van der Waals surface area contributed by atoms with Crippen molar-refractivity contribution in [3.8, 4) is 23.1 Å². The number of aromatic nitrogens is 2. The largest absolute Gasteiger partial charge is 0.296 e. The van der Waals surface area contributed by atoms with E-state index in [1.807, 2.05) is 31.2 Å². The van der Waals surface area contributed by atoms with Gasteiger partial charge in [-0.2, -0.15) is 5.26 Å². The van der Waals surface area contributed by atoms with Crippen LogP contribution in [-0.4, -0.2) is 15.3 Å². The number of carbonyl (C=O) groups excluding carboxylic acids is 1. The third kappa shape index (κ3) is 2.88. The lowest BCUT2D eigenvalue weighted by atomic mass is 9.58. The van der Waals surface area contributed by atoms with Crippen molar-refractivity contribution in [3.63, 3.8) is 0 Å². The minimum absolute atomic E-state index is 0.0326. The second-order valence-electron chi connectivity index (χ2n) is 9.02. The fraction of sp³-hybridized carbons (Fsp3) is 0.296. The Morgan fingerprint density at radius 1 is 1.16 bits per heavy atom. The molecule has 0 saturated carbocycles. The van der Waals surface area contributed by atoms with Crippen molar-refractivity contribution in [1.29, 1.82) is 5.26 Å². The third-order valence-corrected chi connectivity index (χ3v) is 7.08. The Hall–Kier alpha value is -3.45. The average molecular weight is 408 g/mol. The SMILES string of the molecule is Cc1cccc(-n2c(-c3ccccc3)nc3c2CC[C@@H]2[C@@H](C)C(=O)C(C#N)=C[C@@]32C)c1. The number of allylic oxidation sites excluding steroid dienone is 2. The van der Waals surface area contributed by atoms with Crippen LogP contribution in [0.3, 0.4) is 0 Å². The van der Waals surface area contributed by atoms with Crippen molar-refractivity contribution in [1.82, 2.24) is 9.55 Å². The molecule has 0 fully saturated rings. The Morgan fingerprint density at radius 2 is 1.94 bits per heavy atom. The quantitative estimate of drug-likeness (QED) is 0.576. The number of hydrogen-bond donors (Lipinski definition) is 0. The molecule has 4 heteroatoms. The summed E-state index contributed by atoms with van der Waals surface area (Å²) in [5.74, 6) is 0.848. The number of rotatable bonds is 2. The molecule has 0 bridgehead atoms. The standard InChI is InChI=1S/C27H25N3O/c1-17-8-7-11-21(14-17)30-23-13-12-22-18(2)24(31)20(16-28)15-27(22,3)25(23)29-26(30)19-9-5-4-6-10-19/h4-11,14-15,18,22H,12-13H2,1-3H3/t18-,22-,27-/m1/s1. The van der Waals surface area contributed by atoms with Gasteiger partial charge in [-0.3, -0.25) is 9.36 Å². The van der Waals surface area contributed by atoms with Crippen LogP contribution in [0, 0.1) is 30.1 Å². The maximum atomic E-state index is 12.7. The molecule has 0 saturated heterocycles. The summed E-state index contributed by atoms with van der Waals surface area (Å²) in [6, 6.07) is 20.9. The van der Waals surface area contributed by atoms with Gasteiger partial charge in [0, 0.05) is 28.3 Å². The summed E-state index contributed by atoms with van der Waals surface area (Å²) < 4.78 is 2.28. The number of nitriles is 1. The third-order valence-electron chi connectivity index (χ3n) is 7.08. The number of imidazole rings is 1. The van der Waals surface area contributed by atoms with Gasteiger partial charge < -0.3 is 0 Å². The Labute approximate surface area is 182 Å². The molecule has 0 amide bonds. The molecule has 1 aromatic heterocycles. The fourth-order valence-corrected chi connectivity index (χ4v) is 5.54. The van der Waals surface area contributed by atoms with Crippen LogP contribution in [0.4, 0.5) is 0 Å². The summed E-state index contributed by atoms with van der Waals surface area (Å²) in [5.41, 5.74) is 5.36. The lowest BCUT2D eigenvalue weighted by Gasteiger charge is -2.44. The summed E-state index contributed by atoms with van der Waals surface area (Å²) in [6.45, 7) is 6.22. The van der Waals surface area contributed by atoms with E-state index in [0.717, 1.165) is 35.6 Å². The monoisotopic (exact) mass is 407 g/mol. The van der Waals surface area contributed by atoms with E-state index >= 15 is 0 Å². The van der Waals surface area contributed by atoms with Crippen LogP contribution in [0.15, 0.2) is 66.2 Å². The molecule has 3 aromatic rings. The predicted molar refractivity (Wildman–Crippen MR) is 121 cm³/mol. The first-order valence-corrected chi connectivity index (χ1v) is 10.9. The van der Waals surface area contributed by atoms with Crippen LogP contribution in [0.2, 0.25) is 0 Å². The molecule has 2 aliphatic carbocycles. The van der Waals surface area contributed by atoms with Gasteiger partial charge >= 0.3 is 0 Å². The van der Waals surface area contributed by atoms with E-state index in [1.54, 1.807) is 0 Å². The van der Waals surface area contributed by atoms with Crippen molar-refractivity contribution in [3.05, 3.63) is 83.2 Å². The number of Topliss-reactive ketones (excluding diaryl/α,β-unsaturated/α-hetero) is 1. The molecule has 0 spiro atoms. The maximum Gasteiger partial charge on any atom is 0.176 e. The Morgan fingerprint density at radius 3 is 2.65 bits per heavy atom. The molecule has 5 rings (SSSR count). The van der Waals surface area contributed by atoms with Crippen LogP contribution in [-0.2, 0) is 16.6 Å². The summed E-state index contributed by atoms with van der Waals surface area (Å²) >= 11 is 0. The van der Waals surface area contributed by atoms with Crippen molar-refractivity contribution >= 4 is 5.78 Å². The van der Waals surface area contributed by atoms with Gasteiger partial charge in [-0.05, 0) is 43.4 Å². The second-order valence-corrected chi connectivity index (χ2v) is 9.02. The average Bonchev–Trinajstić information content (AvgIpc) is 3.18. The second kappa shape index (κ2) is 7.06. The van der Waals surface area contributed by atoms with Crippen LogP contribution in [0.1, 0.15) is 37.2 Å². The maximum absolute atomic E-state index is 12.7. The zero-order valence-electron chi connectivity index (χ0n) is 18.1. The van der Waals surface area contributed by atoms with Crippen LogP contribution in [0.5, 0.6) is 0 Å². The van der Waals surface area contributed by atoms with E-state index in [4.69, 9.17) is 4.98 Å². The lowest BCUT2D eigenvalue weighted by molar-refractivity contribution is -0.121. The number of hydrogen-bond acceptors (Lipinski definition) is 3. The summed E-state index contributed by atoms with van der Waals surface area (Å²) in [5, 5.41) is 9.61. The number of benzene rings is 2. The fourth-order valence-electron chi connectivity index (χ4n) is 5.54. The Kier molecular flexibility index (Phi) is 4.44. The van der Waals surface area contributed by atoms with Crippen LogP contribution < -0.4 is 0 Å². The van der Waals surface area contributed by atoms with Gasteiger partial charge in [-0.25, -0.2) is 4.98 Å². The van der Waals surface area contributed by atoms with Crippen LogP contribution in [0.25, 0.3) is 17.1 Å². The molecular formula is C27H25N3O. The van der Waals surface area contributed by atoms with E-state index in [-0.39, 0.29) is 23.2 Å². The Bertz CT molecular complexity index is 1260. The van der Waals surface area contributed by atoms with Gasteiger partial charge in [-0.15, -0.1) is 0 Å². The number of ketones is 1. The highest BCUT2D eigenvalue weighted by molar-refractivity contribution is 6.02. The normalized spacial score (nSPS) is 24.7. The molecule has 0 N–H and O–H groups in total. The highest BCUT2D eigenvalue weighted by Crippen LogP contribution is 2.50. The minimum Gasteiger partial charge on any atom is -0.296 e. The highest BCUT2D eigenvalue weighted by atomic mass is 16.1. The smallest absolute Gasteiger partial charge is 0.176 e. The first kappa shape index (κ1) is 19.5. The van der Waals surface area contributed by atoms with Gasteiger partial charge in [0.15, 0.2) is 5.78 Å². The first-order valence-electron chi connectivity index (χ1n) is 10.9. The molecule has 2 aromatic carbocycles. The van der Waals surface area contributed by atoms with E-state index in [1.165, 1.54) is 11.3 Å². The molecule has 4 nitrogen and oxygen atoms in total.